The monoisotopic (exact) mass is 328 g/mol. The number of aromatic nitrogens is 2. The Hall–Kier alpha value is -2.18. The zero-order valence-corrected chi connectivity index (χ0v) is 14.0. The van der Waals surface area contributed by atoms with Crippen molar-refractivity contribution in [2.45, 2.75) is 31.5 Å². The summed E-state index contributed by atoms with van der Waals surface area (Å²) < 4.78 is 6.97. The van der Waals surface area contributed by atoms with Crippen molar-refractivity contribution in [3.63, 3.8) is 0 Å². The molecule has 128 valence electrons. The lowest BCUT2D eigenvalue weighted by molar-refractivity contribution is -0.132. The molecule has 1 aromatic carbocycles. The molecule has 6 heteroatoms. The van der Waals surface area contributed by atoms with Gasteiger partial charge in [-0.3, -0.25) is 9.48 Å². The van der Waals surface area contributed by atoms with Crippen molar-refractivity contribution in [1.29, 1.82) is 0 Å². The van der Waals surface area contributed by atoms with Crippen molar-refractivity contribution in [2.24, 2.45) is 0 Å². The van der Waals surface area contributed by atoms with Gasteiger partial charge in [0.15, 0.2) is 0 Å². The van der Waals surface area contributed by atoms with E-state index in [0.29, 0.717) is 13.2 Å². The summed E-state index contributed by atoms with van der Waals surface area (Å²) in [4.78, 5) is 13.0. The topological polar surface area (TPSA) is 68.2 Å². The number of carbonyl (C=O) groups is 1. The van der Waals surface area contributed by atoms with Gasteiger partial charge in [-0.15, -0.1) is 0 Å². The third-order valence-electron chi connectivity index (χ3n) is 4.55. The minimum atomic E-state index is -0.598. The Morgan fingerprint density at radius 3 is 2.83 bits per heavy atom. The van der Waals surface area contributed by atoms with Crippen LogP contribution in [0.5, 0.6) is 0 Å². The van der Waals surface area contributed by atoms with Crippen molar-refractivity contribution in [3.05, 3.63) is 53.9 Å². The summed E-state index contributed by atoms with van der Waals surface area (Å²) in [6, 6.07) is 9.96. The Balaban J connectivity index is 1.71. The van der Waals surface area contributed by atoms with Crippen molar-refractivity contribution in [3.8, 4) is 0 Å². The van der Waals surface area contributed by atoms with Gasteiger partial charge in [0.1, 0.15) is 5.54 Å². The van der Waals surface area contributed by atoms with Crippen LogP contribution in [0, 0.1) is 0 Å². The lowest BCUT2D eigenvalue weighted by Crippen LogP contribution is -2.54. The number of methoxy groups -OCH3 is 1. The maximum absolute atomic E-state index is 13.0. The Labute approximate surface area is 142 Å². The van der Waals surface area contributed by atoms with Crippen LogP contribution in [0.3, 0.4) is 0 Å². The largest absolute Gasteiger partial charge is 0.380 e. The van der Waals surface area contributed by atoms with Gasteiger partial charge >= 0.3 is 0 Å². The molecule has 1 fully saturated rings. The van der Waals surface area contributed by atoms with Crippen LogP contribution in [0.4, 0.5) is 0 Å². The summed E-state index contributed by atoms with van der Waals surface area (Å²) in [6.07, 6.45) is 5.09. The first-order valence-corrected chi connectivity index (χ1v) is 8.30. The van der Waals surface area contributed by atoms with Crippen LogP contribution >= 0.6 is 0 Å². The summed E-state index contributed by atoms with van der Waals surface area (Å²) in [5, 5.41) is 10.8. The molecule has 0 aliphatic carbocycles. The molecule has 1 aliphatic heterocycles. The molecule has 6 nitrogen and oxygen atoms in total. The van der Waals surface area contributed by atoms with Gasteiger partial charge in [-0.05, 0) is 43.1 Å². The average molecular weight is 328 g/mol. The predicted molar refractivity (Wildman–Crippen MR) is 91.3 cm³/mol. The first-order valence-electron chi connectivity index (χ1n) is 8.30. The van der Waals surface area contributed by atoms with E-state index in [9.17, 15) is 4.79 Å². The molecule has 3 rings (SSSR count). The van der Waals surface area contributed by atoms with Crippen LogP contribution in [0.1, 0.15) is 24.0 Å². The van der Waals surface area contributed by atoms with Crippen LogP contribution in [-0.2, 0) is 28.2 Å². The molecule has 0 atom stereocenters. The fraction of sp³-hybridized carbons (Fsp3) is 0.444. The molecule has 0 spiro atoms. The fourth-order valence-corrected chi connectivity index (χ4v) is 3.27. The number of amides is 1. The maximum Gasteiger partial charge on any atom is 0.248 e. The molecule has 1 aliphatic rings. The molecule has 1 aromatic heterocycles. The molecular weight excluding hydrogens is 304 g/mol. The summed E-state index contributed by atoms with van der Waals surface area (Å²) in [5.74, 6) is 0.0323. The Bertz CT molecular complexity index is 663. The highest BCUT2D eigenvalue weighted by atomic mass is 16.5. The maximum atomic E-state index is 13.0. The molecule has 2 heterocycles. The number of ether oxygens (including phenoxy) is 1. The second-order valence-electron chi connectivity index (χ2n) is 6.17. The standard InChI is InChI=1S/C18H24N4O2/c1-24-14-16-5-2-4-15(12-16)13-20-17(23)18(6-9-19-10-7-18)22-11-3-8-21-22/h2-5,8,11-12,19H,6-7,9-10,13-14H2,1H3,(H,20,23). The molecule has 2 aromatic rings. The van der Waals surface area contributed by atoms with E-state index in [1.807, 2.05) is 35.1 Å². The van der Waals surface area contributed by atoms with E-state index >= 15 is 0 Å². The quantitative estimate of drug-likeness (QED) is 0.842. The van der Waals surface area contributed by atoms with E-state index in [2.05, 4.69) is 21.8 Å². The van der Waals surface area contributed by atoms with E-state index in [1.54, 1.807) is 13.3 Å². The second-order valence-corrected chi connectivity index (χ2v) is 6.17. The Morgan fingerprint density at radius 2 is 2.12 bits per heavy atom. The number of rotatable bonds is 6. The van der Waals surface area contributed by atoms with Gasteiger partial charge in [-0.25, -0.2) is 0 Å². The molecule has 2 N–H and O–H groups in total. The highest BCUT2D eigenvalue weighted by Gasteiger charge is 2.41. The highest BCUT2D eigenvalue weighted by Crippen LogP contribution is 2.27. The third-order valence-corrected chi connectivity index (χ3v) is 4.55. The summed E-state index contributed by atoms with van der Waals surface area (Å²) in [7, 11) is 1.68. The molecular formula is C18H24N4O2. The highest BCUT2D eigenvalue weighted by molar-refractivity contribution is 5.84. The van der Waals surface area contributed by atoms with Crippen molar-refractivity contribution < 1.29 is 9.53 Å². The van der Waals surface area contributed by atoms with Crippen LogP contribution in [0.25, 0.3) is 0 Å². The number of nitrogens with one attached hydrogen (secondary N) is 2. The van der Waals surface area contributed by atoms with Crippen LogP contribution < -0.4 is 10.6 Å². The minimum absolute atomic E-state index is 0.0323. The fourth-order valence-electron chi connectivity index (χ4n) is 3.27. The first-order chi connectivity index (χ1) is 11.7. The second kappa shape index (κ2) is 7.59. The molecule has 1 saturated heterocycles. The van der Waals surface area contributed by atoms with Gasteiger partial charge in [0.05, 0.1) is 6.61 Å². The average Bonchev–Trinajstić information content (AvgIpc) is 3.16. The number of piperidine rings is 1. The first kappa shape index (κ1) is 16.7. The van der Waals surface area contributed by atoms with E-state index in [-0.39, 0.29) is 5.91 Å². The van der Waals surface area contributed by atoms with Gasteiger partial charge in [0.2, 0.25) is 5.91 Å². The molecule has 0 bridgehead atoms. The van der Waals surface area contributed by atoms with Crippen molar-refractivity contribution in [2.75, 3.05) is 20.2 Å². The van der Waals surface area contributed by atoms with Crippen LogP contribution in [-0.4, -0.2) is 35.9 Å². The number of nitrogens with zero attached hydrogens (tertiary/aromatic N) is 2. The molecule has 0 radical (unpaired) electrons. The third kappa shape index (κ3) is 3.49. The number of hydrogen-bond donors (Lipinski definition) is 2. The van der Waals surface area contributed by atoms with E-state index in [0.717, 1.165) is 37.1 Å². The zero-order chi connectivity index (χ0) is 16.8. The van der Waals surface area contributed by atoms with Crippen LogP contribution in [0.15, 0.2) is 42.7 Å². The lowest BCUT2D eigenvalue weighted by Gasteiger charge is -2.36. The van der Waals surface area contributed by atoms with E-state index in [1.165, 1.54) is 0 Å². The smallest absolute Gasteiger partial charge is 0.248 e. The zero-order valence-electron chi connectivity index (χ0n) is 14.0. The van der Waals surface area contributed by atoms with Gasteiger partial charge < -0.3 is 15.4 Å². The van der Waals surface area contributed by atoms with Gasteiger partial charge in [0.25, 0.3) is 0 Å². The normalized spacial score (nSPS) is 16.7. The summed E-state index contributed by atoms with van der Waals surface area (Å²) >= 11 is 0. The van der Waals surface area contributed by atoms with Crippen molar-refractivity contribution >= 4 is 5.91 Å². The molecule has 24 heavy (non-hydrogen) atoms. The summed E-state index contributed by atoms with van der Waals surface area (Å²) in [6.45, 7) is 2.71. The van der Waals surface area contributed by atoms with Crippen LogP contribution in [0.2, 0.25) is 0 Å². The van der Waals surface area contributed by atoms with Gasteiger partial charge in [-0.2, -0.15) is 5.10 Å². The van der Waals surface area contributed by atoms with Gasteiger partial charge in [0, 0.05) is 26.0 Å². The number of hydrogen-bond acceptors (Lipinski definition) is 4. The predicted octanol–water partition coefficient (Wildman–Crippen LogP) is 1.42. The van der Waals surface area contributed by atoms with E-state index in [4.69, 9.17) is 4.74 Å². The molecule has 0 unspecified atom stereocenters. The lowest BCUT2D eigenvalue weighted by atomic mass is 9.87. The van der Waals surface area contributed by atoms with E-state index < -0.39 is 5.54 Å². The van der Waals surface area contributed by atoms with Gasteiger partial charge in [-0.1, -0.05) is 24.3 Å². The number of benzene rings is 1. The number of carbonyl (C=O) groups excluding carboxylic acids is 1. The SMILES string of the molecule is COCc1cccc(CNC(=O)C2(n3cccn3)CCNCC2)c1. The Kier molecular flexibility index (Phi) is 5.27. The molecule has 0 saturated carbocycles. The van der Waals surface area contributed by atoms with Crippen molar-refractivity contribution in [1.82, 2.24) is 20.4 Å². The Morgan fingerprint density at radius 1 is 1.33 bits per heavy atom. The molecule has 1 amide bonds. The minimum Gasteiger partial charge on any atom is -0.380 e. The summed E-state index contributed by atoms with van der Waals surface area (Å²) in [5.41, 5.74) is 1.58.